The number of likely N-dealkylation sites (tertiary alicyclic amines) is 1. The van der Waals surface area contributed by atoms with Crippen LogP contribution in [0.1, 0.15) is 31.7 Å². The lowest BCUT2D eigenvalue weighted by Gasteiger charge is -2.26. The minimum Gasteiger partial charge on any atom is -0.491 e. The highest BCUT2D eigenvalue weighted by molar-refractivity contribution is 5.72. The lowest BCUT2D eigenvalue weighted by Crippen LogP contribution is -2.33. The molecule has 1 heterocycles. The van der Waals surface area contributed by atoms with E-state index in [1.807, 2.05) is 18.2 Å². The second-order valence-corrected chi connectivity index (χ2v) is 5.89. The third-order valence-corrected chi connectivity index (χ3v) is 3.78. The number of nitrogens with one attached hydrogen (secondary N) is 1. The summed E-state index contributed by atoms with van der Waals surface area (Å²) in [5.41, 5.74) is 1.23. The monoisotopic (exact) mass is 306 g/mol. The van der Waals surface area contributed by atoms with E-state index in [0.717, 1.165) is 12.3 Å². The molecule has 1 unspecified atom stereocenters. The van der Waals surface area contributed by atoms with E-state index in [1.54, 1.807) is 0 Å². The molecule has 1 aromatic rings. The van der Waals surface area contributed by atoms with Crippen molar-refractivity contribution in [3.05, 3.63) is 29.8 Å². The molecule has 122 valence electrons. The third kappa shape index (κ3) is 6.03. The number of nitrogens with zero attached hydrogens (tertiary/aromatic N) is 1. The summed E-state index contributed by atoms with van der Waals surface area (Å²) in [5, 5.41) is 12.3. The van der Waals surface area contributed by atoms with Gasteiger partial charge >= 0.3 is 0 Å². The lowest BCUT2D eigenvalue weighted by molar-refractivity contribution is -0.119. The number of aliphatic hydroxyl groups excluding tert-OH is 1. The Bertz CT molecular complexity index is 473. The number of rotatable bonds is 7. The Kier molecular flexibility index (Phi) is 6.68. The van der Waals surface area contributed by atoms with Crippen molar-refractivity contribution in [1.29, 1.82) is 0 Å². The molecule has 1 saturated heterocycles. The molecule has 1 atom stereocenters. The summed E-state index contributed by atoms with van der Waals surface area (Å²) in [6, 6.07) is 8.01. The van der Waals surface area contributed by atoms with E-state index in [9.17, 15) is 9.90 Å². The molecule has 1 aromatic carbocycles. The molecule has 5 nitrogen and oxygen atoms in total. The van der Waals surface area contributed by atoms with Gasteiger partial charge in [0.1, 0.15) is 18.5 Å². The van der Waals surface area contributed by atoms with Gasteiger partial charge in [0.25, 0.3) is 0 Å². The van der Waals surface area contributed by atoms with Crippen LogP contribution in [0.15, 0.2) is 24.3 Å². The maximum Gasteiger partial charge on any atom is 0.216 e. The van der Waals surface area contributed by atoms with Gasteiger partial charge in [-0.05, 0) is 43.6 Å². The summed E-state index contributed by atoms with van der Waals surface area (Å²) in [6.45, 7) is 5.10. The van der Waals surface area contributed by atoms with Crippen LogP contribution in [-0.2, 0) is 11.3 Å². The van der Waals surface area contributed by atoms with Gasteiger partial charge < -0.3 is 15.2 Å². The van der Waals surface area contributed by atoms with Gasteiger partial charge in [-0.3, -0.25) is 9.69 Å². The molecule has 0 aliphatic carbocycles. The number of carbonyl (C=O) groups is 1. The molecule has 0 spiro atoms. The van der Waals surface area contributed by atoms with Crippen molar-refractivity contribution in [2.24, 2.45) is 0 Å². The molecule has 0 radical (unpaired) electrons. The molecule has 22 heavy (non-hydrogen) atoms. The molecule has 1 fully saturated rings. The molecule has 1 aliphatic rings. The van der Waals surface area contributed by atoms with Crippen LogP contribution in [0.4, 0.5) is 0 Å². The molecule has 2 N–H and O–H groups in total. The van der Waals surface area contributed by atoms with E-state index >= 15 is 0 Å². The minimum atomic E-state index is -0.699. The molecular weight excluding hydrogens is 280 g/mol. The minimum absolute atomic E-state index is 0.150. The SMILES string of the molecule is CC(=O)NCC(O)COc1cccc(CN2CCCCC2)c1. The first-order valence-electron chi connectivity index (χ1n) is 8.00. The number of aliphatic hydroxyl groups is 1. The van der Waals surface area contributed by atoms with Crippen LogP contribution < -0.4 is 10.1 Å². The quantitative estimate of drug-likeness (QED) is 0.802. The number of amides is 1. The Morgan fingerprint density at radius 3 is 2.86 bits per heavy atom. The molecule has 0 bridgehead atoms. The zero-order chi connectivity index (χ0) is 15.8. The average molecular weight is 306 g/mol. The zero-order valence-corrected chi connectivity index (χ0v) is 13.3. The fourth-order valence-corrected chi connectivity index (χ4v) is 2.62. The van der Waals surface area contributed by atoms with Crippen molar-refractivity contribution in [3.8, 4) is 5.75 Å². The number of benzene rings is 1. The Morgan fingerprint density at radius 2 is 2.14 bits per heavy atom. The van der Waals surface area contributed by atoms with Gasteiger partial charge in [0.2, 0.25) is 5.91 Å². The fraction of sp³-hybridized carbons (Fsp3) is 0.588. The first-order valence-corrected chi connectivity index (χ1v) is 8.00. The summed E-state index contributed by atoms with van der Waals surface area (Å²) in [4.78, 5) is 13.3. The average Bonchev–Trinajstić information content (AvgIpc) is 2.52. The van der Waals surface area contributed by atoms with E-state index in [1.165, 1.54) is 44.8 Å². The van der Waals surface area contributed by atoms with Gasteiger partial charge in [0.15, 0.2) is 0 Å². The van der Waals surface area contributed by atoms with Crippen LogP contribution in [0.3, 0.4) is 0 Å². The second kappa shape index (κ2) is 8.76. The Balaban J connectivity index is 1.79. The summed E-state index contributed by atoms with van der Waals surface area (Å²) in [5.74, 6) is 0.610. The predicted molar refractivity (Wildman–Crippen MR) is 85.8 cm³/mol. The van der Waals surface area contributed by atoms with Crippen molar-refractivity contribution in [3.63, 3.8) is 0 Å². The topological polar surface area (TPSA) is 61.8 Å². The number of ether oxygens (including phenoxy) is 1. The van der Waals surface area contributed by atoms with Crippen LogP contribution in [0.5, 0.6) is 5.75 Å². The second-order valence-electron chi connectivity index (χ2n) is 5.89. The summed E-state index contributed by atoms with van der Waals surface area (Å²) < 4.78 is 5.61. The maximum absolute atomic E-state index is 10.8. The Labute approximate surface area is 132 Å². The van der Waals surface area contributed by atoms with Gasteiger partial charge in [-0.2, -0.15) is 0 Å². The van der Waals surface area contributed by atoms with Crippen molar-refractivity contribution in [2.45, 2.75) is 38.8 Å². The summed E-state index contributed by atoms with van der Waals surface area (Å²) in [7, 11) is 0. The first kappa shape index (κ1) is 16.8. The van der Waals surface area contributed by atoms with Gasteiger partial charge in [-0.25, -0.2) is 0 Å². The molecule has 0 aromatic heterocycles. The summed E-state index contributed by atoms with van der Waals surface area (Å²) in [6.07, 6.45) is 3.21. The molecule has 0 saturated carbocycles. The molecule has 2 rings (SSSR count). The van der Waals surface area contributed by atoms with E-state index < -0.39 is 6.10 Å². The number of carbonyl (C=O) groups excluding carboxylic acids is 1. The van der Waals surface area contributed by atoms with Gasteiger partial charge in [-0.15, -0.1) is 0 Å². The van der Waals surface area contributed by atoms with Crippen molar-refractivity contribution >= 4 is 5.91 Å². The summed E-state index contributed by atoms with van der Waals surface area (Å²) >= 11 is 0. The Morgan fingerprint density at radius 1 is 1.36 bits per heavy atom. The first-order chi connectivity index (χ1) is 10.6. The van der Waals surface area contributed by atoms with E-state index in [2.05, 4.69) is 16.3 Å². The van der Waals surface area contributed by atoms with Crippen molar-refractivity contribution in [1.82, 2.24) is 10.2 Å². The molecule has 5 heteroatoms. The highest BCUT2D eigenvalue weighted by Crippen LogP contribution is 2.17. The molecule has 1 aliphatic heterocycles. The Hall–Kier alpha value is -1.59. The normalized spacial score (nSPS) is 17.0. The number of piperidine rings is 1. The van der Waals surface area contributed by atoms with Crippen LogP contribution >= 0.6 is 0 Å². The van der Waals surface area contributed by atoms with E-state index in [4.69, 9.17) is 4.74 Å². The van der Waals surface area contributed by atoms with Crippen LogP contribution in [-0.4, -0.2) is 48.3 Å². The third-order valence-electron chi connectivity index (χ3n) is 3.78. The smallest absolute Gasteiger partial charge is 0.216 e. The lowest BCUT2D eigenvalue weighted by atomic mass is 10.1. The van der Waals surface area contributed by atoms with E-state index in [-0.39, 0.29) is 19.1 Å². The van der Waals surface area contributed by atoms with Crippen LogP contribution in [0.2, 0.25) is 0 Å². The highest BCUT2D eigenvalue weighted by atomic mass is 16.5. The fourth-order valence-electron chi connectivity index (χ4n) is 2.62. The largest absolute Gasteiger partial charge is 0.491 e. The number of hydrogen-bond donors (Lipinski definition) is 2. The number of hydrogen-bond acceptors (Lipinski definition) is 4. The van der Waals surface area contributed by atoms with Crippen molar-refractivity contribution < 1.29 is 14.6 Å². The maximum atomic E-state index is 10.8. The van der Waals surface area contributed by atoms with Gasteiger partial charge in [-0.1, -0.05) is 18.6 Å². The van der Waals surface area contributed by atoms with Crippen LogP contribution in [0, 0.1) is 0 Å². The standard InChI is InChI=1S/C17H26N2O3/c1-14(20)18-11-16(21)13-22-17-7-5-6-15(10-17)12-19-8-3-2-4-9-19/h5-7,10,16,21H,2-4,8-9,11-13H2,1H3,(H,18,20). The van der Waals surface area contributed by atoms with Gasteiger partial charge in [0.05, 0.1) is 0 Å². The highest BCUT2D eigenvalue weighted by Gasteiger charge is 2.11. The molecule has 1 amide bonds. The molecular formula is C17H26N2O3. The van der Waals surface area contributed by atoms with Crippen LogP contribution in [0.25, 0.3) is 0 Å². The van der Waals surface area contributed by atoms with E-state index in [0.29, 0.717) is 0 Å². The van der Waals surface area contributed by atoms with Gasteiger partial charge in [0, 0.05) is 20.0 Å². The predicted octanol–water partition coefficient (Wildman–Crippen LogP) is 1.55. The zero-order valence-electron chi connectivity index (χ0n) is 13.3. The van der Waals surface area contributed by atoms with Crippen molar-refractivity contribution in [2.75, 3.05) is 26.2 Å².